The number of benzene rings is 1. The fourth-order valence-electron chi connectivity index (χ4n) is 1.18. The molecular weight excluding hydrogens is 164 g/mol. The van der Waals surface area contributed by atoms with E-state index in [1.165, 1.54) is 6.08 Å². The van der Waals surface area contributed by atoms with Crippen LogP contribution >= 0.6 is 0 Å². The van der Waals surface area contributed by atoms with Crippen molar-refractivity contribution in [3.05, 3.63) is 36.5 Å². The van der Waals surface area contributed by atoms with E-state index in [1.54, 1.807) is 10.9 Å². The SMILES string of the molecule is O=C/C=C/n1cc2ccccc2n1. The first kappa shape index (κ1) is 7.73. The van der Waals surface area contributed by atoms with Gasteiger partial charge in [0.25, 0.3) is 0 Å². The van der Waals surface area contributed by atoms with E-state index in [2.05, 4.69) is 5.10 Å². The third kappa shape index (κ3) is 1.49. The molecule has 3 heteroatoms. The molecule has 2 rings (SSSR count). The lowest BCUT2D eigenvalue weighted by atomic mass is 10.3. The maximum atomic E-state index is 10.1. The lowest BCUT2D eigenvalue weighted by molar-refractivity contribution is -0.104. The molecule has 0 aliphatic heterocycles. The van der Waals surface area contributed by atoms with E-state index in [0.717, 1.165) is 17.2 Å². The van der Waals surface area contributed by atoms with Crippen LogP contribution in [0.1, 0.15) is 0 Å². The Morgan fingerprint density at radius 2 is 2.15 bits per heavy atom. The van der Waals surface area contributed by atoms with Crippen LogP contribution in [0.4, 0.5) is 0 Å². The Balaban J connectivity index is 2.49. The number of rotatable bonds is 2. The van der Waals surface area contributed by atoms with Crippen molar-refractivity contribution in [1.82, 2.24) is 9.78 Å². The molecule has 0 N–H and O–H groups in total. The molecule has 1 aromatic carbocycles. The lowest BCUT2D eigenvalue weighted by Crippen LogP contribution is -1.84. The highest BCUT2D eigenvalue weighted by molar-refractivity contribution is 5.79. The normalized spacial score (nSPS) is 11.1. The third-order valence-corrected chi connectivity index (χ3v) is 1.75. The van der Waals surface area contributed by atoms with Crippen molar-refractivity contribution in [2.24, 2.45) is 0 Å². The summed E-state index contributed by atoms with van der Waals surface area (Å²) in [7, 11) is 0. The zero-order valence-corrected chi connectivity index (χ0v) is 6.92. The quantitative estimate of drug-likeness (QED) is 0.510. The minimum atomic E-state index is 0.729. The molecule has 0 spiro atoms. The van der Waals surface area contributed by atoms with Gasteiger partial charge in [-0.2, -0.15) is 5.10 Å². The first-order valence-electron chi connectivity index (χ1n) is 3.96. The smallest absolute Gasteiger partial charge is 0.144 e. The van der Waals surface area contributed by atoms with Crippen molar-refractivity contribution in [2.75, 3.05) is 0 Å². The van der Waals surface area contributed by atoms with Crippen LogP contribution in [0.15, 0.2) is 36.5 Å². The van der Waals surface area contributed by atoms with Crippen molar-refractivity contribution in [3.8, 4) is 0 Å². The van der Waals surface area contributed by atoms with Crippen LogP contribution in [-0.4, -0.2) is 16.1 Å². The van der Waals surface area contributed by atoms with Crippen molar-refractivity contribution in [2.45, 2.75) is 0 Å². The first-order valence-corrected chi connectivity index (χ1v) is 3.96. The average molecular weight is 172 g/mol. The number of carbonyl (C=O) groups is 1. The summed E-state index contributed by atoms with van der Waals surface area (Å²) in [4.78, 5) is 10.1. The van der Waals surface area contributed by atoms with Gasteiger partial charge in [-0.1, -0.05) is 18.2 Å². The predicted molar refractivity (Wildman–Crippen MR) is 51.1 cm³/mol. The van der Waals surface area contributed by atoms with E-state index in [1.807, 2.05) is 30.5 Å². The Morgan fingerprint density at radius 1 is 1.31 bits per heavy atom. The topological polar surface area (TPSA) is 34.9 Å². The standard InChI is InChI=1S/C10H8N2O/c13-7-3-6-12-8-9-4-1-2-5-10(9)11-12/h1-8H/b6-3+. The van der Waals surface area contributed by atoms with Crippen LogP contribution in [0.5, 0.6) is 0 Å². The minimum absolute atomic E-state index is 0.729. The maximum Gasteiger partial charge on any atom is 0.144 e. The van der Waals surface area contributed by atoms with E-state index in [4.69, 9.17) is 0 Å². The zero-order chi connectivity index (χ0) is 9.10. The van der Waals surface area contributed by atoms with Crippen LogP contribution < -0.4 is 0 Å². The van der Waals surface area contributed by atoms with Gasteiger partial charge in [-0.15, -0.1) is 0 Å². The van der Waals surface area contributed by atoms with Gasteiger partial charge in [-0.05, 0) is 12.1 Å². The second-order valence-electron chi connectivity index (χ2n) is 2.65. The molecule has 0 amide bonds. The highest BCUT2D eigenvalue weighted by Crippen LogP contribution is 2.10. The van der Waals surface area contributed by atoms with E-state index in [9.17, 15) is 4.79 Å². The Labute approximate surface area is 75.3 Å². The van der Waals surface area contributed by atoms with E-state index >= 15 is 0 Å². The fraction of sp³-hybridized carbons (Fsp3) is 0. The molecule has 0 saturated heterocycles. The summed E-state index contributed by atoms with van der Waals surface area (Å²) in [6.07, 6.45) is 5.63. The molecule has 1 heterocycles. The molecular formula is C10H8N2O. The van der Waals surface area contributed by atoms with Crippen molar-refractivity contribution in [3.63, 3.8) is 0 Å². The second-order valence-corrected chi connectivity index (χ2v) is 2.65. The molecule has 0 bridgehead atoms. The van der Waals surface area contributed by atoms with Gasteiger partial charge < -0.3 is 0 Å². The number of fused-ring (bicyclic) bond motifs is 1. The van der Waals surface area contributed by atoms with Gasteiger partial charge in [0.15, 0.2) is 0 Å². The molecule has 0 atom stereocenters. The summed E-state index contributed by atoms with van der Waals surface area (Å²) in [5, 5.41) is 5.29. The van der Waals surface area contributed by atoms with Gasteiger partial charge in [-0.3, -0.25) is 4.79 Å². The number of nitrogens with zero attached hydrogens (tertiary/aromatic N) is 2. The number of aromatic nitrogens is 2. The van der Waals surface area contributed by atoms with Gasteiger partial charge >= 0.3 is 0 Å². The Bertz CT molecular complexity index is 424. The molecule has 3 nitrogen and oxygen atoms in total. The van der Waals surface area contributed by atoms with E-state index < -0.39 is 0 Å². The summed E-state index contributed by atoms with van der Waals surface area (Å²) >= 11 is 0. The van der Waals surface area contributed by atoms with Gasteiger partial charge in [0.05, 0.1) is 5.52 Å². The molecule has 0 aliphatic rings. The van der Waals surface area contributed by atoms with E-state index in [-0.39, 0.29) is 0 Å². The highest BCUT2D eigenvalue weighted by Gasteiger charge is 1.94. The predicted octanol–water partition coefficient (Wildman–Crippen LogP) is 1.71. The molecule has 1 aromatic heterocycles. The molecule has 0 saturated carbocycles. The largest absolute Gasteiger partial charge is 0.299 e. The van der Waals surface area contributed by atoms with Crippen LogP contribution in [0.25, 0.3) is 17.1 Å². The summed E-state index contributed by atoms with van der Waals surface area (Å²) in [5.74, 6) is 0. The number of allylic oxidation sites excluding steroid dienone is 1. The van der Waals surface area contributed by atoms with Gasteiger partial charge in [0.2, 0.25) is 0 Å². The van der Waals surface area contributed by atoms with Crippen LogP contribution in [-0.2, 0) is 4.79 Å². The number of aldehydes is 1. The minimum Gasteiger partial charge on any atom is -0.299 e. The van der Waals surface area contributed by atoms with Gasteiger partial charge in [0, 0.05) is 17.8 Å². The zero-order valence-electron chi connectivity index (χ0n) is 6.92. The molecule has 13 heavy (non-hydrogen) atoms. The fourth-order valence-corrected chi connectivity index (χ4v) is 1.18. The Morgan fingerprint density at radius 3 is 2.92 bits per heavy atom. The molecule has 0 unspecified atom stereocenters. The number of carbonyl (C=O) groups excluding carboxylic acids is 1. The van der Waals surface area contributed by atoms with Crippen LogP contribution in [0.3, 0.4) is 0 Å². The van der Waals surface area contributed by atoms with Crippen molar-refractivity contribution in [1.29, 1.82) is 0 Å². The summed E-state index contributed by atoms with van der Waals surface area (Å²) < 4.78 is 1.62. The first-order chi connectivity index (χ1) is 6.40. The van der Waals surface area contributed by atoms with Crippen LogP contribution in [0, 0.1) is 0 Å². The molecule has 0 aliphatic carbocycles. The van der Waals surface area contributed by atoms with Crippen molar-refractivity contribution < 1.29 is 4.79 Å². The number of hydrogen-bond donors (Lipinski definition) is 0. The van der Waals surface area contributed by atoms with Gasteiger partial charge in [-0.25, -0.2) is 4.68 Å². The Hall–Kier alpha value is -1.90. The summed E-state index contributed by atoms with van der Waals surface area (Å²) in [6.45, 7) is 0. The number of hydrogen-bond acceptors (Lipinski definition) is 2. The lowest BCUT2D eigenvalue weighted by Gasteiger charge is -1.84. The maximum absolute atomic E-state index is 10.1. The monoisotopic (exact) mass is 172 g/mol. The van der Waals surface area contributed by atoms with Crippen LogP contribution in [0.2, 0.25) is 0 Å². The Kier molecular flexibility index (Phi) is 1.92. The third-order valence-electron chi connectivity index (χ3n) is 1.75. The average Bonchev–Trinajstić information content (AvgIpc) is 2.57. The second kappa shape index (κ2) is 3.23. The van der Waals surface area contributed by atoms with E-state index in [0.29, 0.717) is 0 Å². The molecule has 0 radical (unpaired) electrons. The summed E-state index contributed by atoms with van der Waals surface area (Å²) in [5.41, 5.74) is 0.929. The molecule has 64 valence electrons. The van der Waals surface area contributed by atoms with Gasteiger partial charge in [0.1, 0.15) is 6.29 Å². The molecule has 2 aromatic rings. The summed E-state index contributed by atoms with van der Waals surface area (Å²) in [6, 6.07) is 7.80. The molecule has 0 fully saturated rings. The van der Waals surface area contributed by atoms with Crippen molar-refractivity contribution >= 4 is 23.4 Å². The highest BCUT2D eigenvalue weighted by atomic mass is 16.1.